The molecule has 4 aromatic rings. The summed E-state index contributed by atoms with van der Waals surface area (Å²) >= 11 is 0. The number of aromatic nitrogens is 4. The molecule has 0 spiro atoms. The second-order valence-electron chi connectivity index (χ2n) is 6.29. The molecule has 1 amide bonds. The monoisotopic (exact) mass is 383 g/mol. The summed E-state index contributed by atoms with van der Waals surface area (Å²) in [6, 6.07) is 20.4. The van der Waals surface area contributed by atoms with Crippen LogP contribution in [0.25, 0.3) is 22.4 Å². The lowest BCUT2D eigenvalue weighted by molar-refractivity contribution is 0.102. The van der Waals surface area contributed by atoms with Crippen LogP contribution in [0, 0.1) is 0 Å². The zero-order chi connectivity index (χ0) is 20.2. The van der Waals surface area contributed by atoms with E-state index in [9.17, 15) is 9.59 Å². The molecule has 0 saturated heterocycles. The topological polar surface area (TPSA) is 89.8 Å². The maximum atomic E-state index is 13.1. The highest BCUT2D eigenvalue weighted by molar-refractivity contribution is 6.09. The minimum Gasteiger partial charge on any atom is -0.290 e. The average molecular weight is 383 g/mol. The predicted octanol–water partition coefficient (Wildman–Crippen LogP) is 3.16. The van der Waals surface area contributed by atoms with Crippen LogP contribution in [0.3, 0.4) is 0 Å². The third-order valence-electron chi connectivity index (χ3n) is 4.37. The summed E-state index contributed by atoms with van der Waals surface area (Å²) in [6.07, 6.45) is 3.03. The van der Waals surface area contributed by atoms with Gasteiger partial charge in [-0.3, -0.25) is 14.9 Å². The van der Waals surface area contributed by atoms with Crippen molar-refractivity contribution < 1.29 is 4.79 Å². The first-order chi connectivity index (χ1) is 14.1. The van der Waals surface area contributed by atoms with E-state index in [2.05, 4.69) is 20.4 Å². The Balaban J connectivity index is 1.97. The first-order valence-corrected chi connectivity index (χ1v) is 8.95. The summed E-state index contributed by atoms with van der Waals surface area (Å²) in [6.45, 7) is 0. The zero-order valence-corrected chi connectivity index (χ0v) is 15.6. The fourth-order valence-electron chi connectivity index (χ4n) is 3.05. The smallest absolute Gasteiger partial charge is 0.280 e. The van der Waals surface area contributed by atoms with E-state index in [0.717, 1.165) is 11.1 Å². The number of nitrogens with zero attached hydrogens (tertiary/aromatic N) is 4. The zero-order valence-electron chi connectivity index (χ0n) is 15.6. The van der Waals surface area contributed by atoms with Gasteiger partial charge in [0.2, 0.25) is 5.95 Å². The van der Waals surface area contributed by atoms with Crippen molar-refractivity contribution in [3.63, 3.8) is 0 Å². The lowest BCUT2D eigenvalue weighted by Crippen LogP contribution is -2.31. The predicted molar refractivity (Wildman–Crippen MR) is 110 cm³/mol. The Morgan fingerprint density at radius 2 is 1.45 bits per heavy atom. The highest BCUT2D eigenvalue weighted by Crippen LogP contribution is 2.32. The maximum Gasteiger partial charge on any atom is 0.280 e. The van der Waals surface area contributed by atoms with Crippen molar-refractivity contribution in [2.45, 2.75) is 0 Å². The van der Waals surface area contributed by atoms with Crippen molar-refractivity contribution in [3.05, 3.63) is 95.0 Å². The summed E-state index contributed by atoms with van der Waals surface area (Å²) in [5.41, 5.74) is 2.01. The molecule has 0 saturated carbocycles. The van der Waals surface area contributed by atoms with Gasteiger partial charge < -0.3 is 0 Å². The molecule has 4 rings (SSSR count). The first kappa shape index (κ1) is 18.2. The second kappa shape index (κ2) is 7.85. The van der Waals surface area contributed by atoms with Crippen LogP contribution in [0.1, 0.15) is 10.4 Å². The van der Waals surface area contributed by atoms with Crippen LogP contribution in [0.2, 0.25) is 0 Å². The van der Waals surface area contributed by atoms with E-state index in [1.165, 1.54) is 24.1 Å². The lowest BCUT2D eigenvalue weighted by Gasteiger charge is -2.15. The fraction of sp³-hybridized carbons (Fsp3) is 0.0455. The Morgan fingerprint density at radius 1 is 0.862 bits per heavy atom. The maximum absolute atomic E-state index is 13.1. The first-order valence-electron chi connectivity index (χ1n) is 8.95. The van der Waals surface area contributed by atoms with Gasteiger partial charge in [-0.2, -0.15) is 5.10 Å². The van der Waals surface area contributed by atoms with Crippen molar-refractivity contribution in [1.29, 1.82) is 0 Å². The van der Waals surface area contributed by atoms with Crippen molar-refractivity contribution in [3.8, 4) is 22.4 Å². The van der Waals surface area contributed by atoms with Crippen LogP contribution in [-0.2, 0) is 7.05 Å². The molecule has 7 nitrogen and oxygen atoms in total. The average Bonchev–Trinajstić information content (AvgIpc) is 2.77. The van der Waals surface area contributed by atoms with Crippen LogP contribution in [0.15, 0.2) is 83.9 Å². The van der Waals surface area contributed by atoms with Crippen LogP contribution in [-0.4, -0.2) is 25.7 Å². The van der Waals surface area contributed by atoms with E-state index in [1.807, 2.05) is 60.7 Å². The molecule has 0 fully saturated rings. The molecule has 142 valence electrons. The van der Waals surface area contributed by atoms with Gasteiger partial charge in [0.25, 0.3) is 11.5 Å². The fourth-order valence-corrected chi connectivity index (χ4v) is 3.05. The van der Waals surface area contributed by atoms with Gasteiger partial charge in [0.05, 0.1) is 5.69 Å². The summed E-state index contributed by atoms with van der Waals surface area (Å²) < 4.78 is 1.18. The minimum atomic E-state index is -0.588. The molecule has 1 N–H and O–H groups in total. The van der Waals surface area contributed by atoms with E-state index >= 15 is 0 Å². The van der Waals surface area contributed by atoms with Crippen molar-refractivity contribution in [2.75, 3.05) is 5.32 Å². The molecule has 2 aromatic carbocycles. The van der Waals surface area contributed by atoms with Crippen molar-refractivity contribution in [1.82, 2.24) is 19.7 Å². The van der Waals surface area contributed by atoms with E-state index in [-0.39, 0.29) is 11.5 Å². The second-order valence-corrected chi connectivity index (χ2v) is 6.29. The molecule has 0 radical (unpaired) electrons. The molecule has 0 aliphatic heterocycles. The molecule has 0 atom stereocenters. The van der Waals surface area contributed by atoms with E-state index in [4.69, 9.17) is 0 Å². The van der Waals surface area contributed by atoms with Crippen LogP contribution < -0.4 is 10.9 Å². The van der Waals surface area contributed by atoms with Crippen LogP contribution in [0.5, 0.6) is 0 Å². The van der Waals surface area contributed by atoms with Gasteiger partial charge in [0.1, 0.15) is 5.56 Å². The van der Waals surface area contributed by atoms with E-state index < -0.39 is 11.5 Å². The number of carbonyl (C=O) groups excluding carboxylic acids is 1. The van der Waals surface area contributed by atoms with Crippen molar-refractivity contribution in [2.24, 2.45) is 7.05 Å². The van der Waals surface area contributed by atoms with Gasteiger partial charge in [0.15, 0.2) is 0 Å². The largest absolute Gasteiger partial charge is 0.290 e. The summed E-state index contributed by atoms with van der Waals surface area (Å²) in [4.78, 5) is 34.1. The molecule has 7 heteroatoms. The van der Waals surface area contributed by atoms with Crippen LogP contribution >= 0.6 is 0 Å². The Kier molecular flexibility index (Phi) is 4.94. The van der Waals surface area contributed by atoms with Gasteiger partial charge in [-0.1, -0.05) is 60.7 Å². The molecule has 29 heavy (non-hydrogen) atoms. The van der Waals surface area contributed by atoms with Gasteiger partial charge in [0, 0.05) is 30.6 Å². The molecular weight excluding hydrogens is 366 g/mol. The van der Waals surface area contributed by atoms with Gasteiger partial charge in [-0.15, -0.1) is 0 Å². The number of nitrogens with one attached hydrogen (secondary N) is 1. The molecule has 2 aromatic heterocycles. The molecular formula is C22H17N5O2. The number of carbonyl (C=O) groups is 1. The van der Waals surface area contributed by atoms with E-state index in [1.54, 1.807) is 6.07 Å². The van der Waals surface area contributed by atoms with Crippen LogP contribution in [0.4, 0.5) is 5.95 Å². The molecule has 2 heterocycles. The van der Waals surface area contributed by atoms with Gasteiger partial charge in [-0.25, -0.2) is 14.6 Å². The number of benzene rings is 2. The molecule has 0 aliphatic carbocycles. The lowest BCUT2D eigenvalue weighted by atomic mass is 9.95. The third kappa shape index (κ3) is 3.66. The van der Waals surface area contributed by atoms with Gasteiger partial charge in [-0.05, 0) is 11.6 Å². The highest BCUT2D eigenvalue weighted by atomic mass is 16.2. The number of hydrogen-bond donors (Lipinski definition) is 1. The summed E-state index contributed by atoms with van der Waals surface area (Å²) in [5, 5.41) is 7.08. The number of aryl methyl sites for hydroxylation is 1. The minimum absolute atomic E-state index is 0.0139. The number of anilines is 1. The third-order valence-corrected chi connectivity index (χ3v) is 4.37. The quantitative estimate of drug-likeness (QED) is 0.585. The normalized spacial score (nSPS) is 10.5. The Morgan fingerprint density at radius 3 is 2.07 bits per heavy atom. The van der Waals surface area contributed by atoms with Crippen molar-refractivity contribution >= 4 is 11.9 Å². The Labute approximate surface area is 166 Å². The molecule has 0 unspecified atom stereocenters. The molecule has 0 bridgehead atoms. The number of rotatable bonds is 4. The Hall–Kier alpha value is -4.13. The highest BCUT2D eigenvalue weighted by Gasteiger charge is 2.24. The SMILES string of the molecule is Cn1nc(-c2ccccc2)c(-c2ccccc2)c(C(=O)Nc2ncccn2)c1=O. The van der Waals surface area contributed by atoms with E-state index in [0.29, 0.717) is 11.3 Å². The van der Waals surface area contributed by atoms with Gasteiger partial charge >= 0.3 is 0 Å². The number of amides is 1. The molecule has 0 aliphatic rings. The summed E-state index contributed by atoms with van der Waals surface area (Å²) in [7, 11) is 1.53. The number of hydrogen-bond acceptors (Lipinski definition) is 5. The Bertz CT molecular complexity index is 1210. The summed E-state index contributed by atoms with van der Waals surface area (Å²) in [5.74, 6) is -0.466. The standard InChI is InChI=1S/C22H17N5O2/c1-27-21(29)18(20(28)25-22-23-13-8-14-24-22)17(15-9-4-2-5-10-15)19(26-27)16-11-6-3-7-12-16/h2-14H,1H3,(H,23,24,25,28).